The number of rotatable bonds is 6. The topological polar surface area (TPSA) is 81.5 Å². The van der Waals surface area contributed by atoms with Gasteiger partial charge in [0, 0.05) is 23.4 Å². The minimum Gasteiger partial charge on any atom is -0.468 e. The van der Waals surface area contributed by atoms with E-state index in [1.807, 2.05) is 32.0 Å². The summed E-state index contributed by atoms with van der Waals surface area (Å²) in [5, 5.41) is 14.1. The highest BCUT2D eigenvalue weighted by atomic mass is 19.1. The maximum Gasteiger partial charge on any atom is 0.311 e. The molecule has 1 amide bonds. The molecule has 0 saturated heterocycles. The average Bonchev–Trinajstić information content (AvgIpc) is 2.69. The van der Waals surface area contributed by atoms with Gasteiger partial charge in [0.05, 0.1) is 4.92 Å². The van der Waals surface area contributed by atoms with Gasteiger partial charge in [0.1, 0.15) is 5.82 Å². The molecule has 0 heterocycles. The van der Waals surface area contributed by atoms with Crippen molar-refractivity contribution >= 4 is 17.3 Å². The highest BCUT2D eigenvalue weighted by Crippen LogP contribution is 2.32. The van der Waals surface area contributed by atoms with Crippen LogP contribution in [0.25, 0.3) is 0 Å². The van der Waals surface area contributed by atoms with Crippen molar-refractivity contribution in [1.82, 2.24) is 0 Å². The zero-order valence-corrected chi connectivity index (χ0v) is 15.9. The van der Waals surface area contributed by atoms with Gasteiger partial charge in [0.2, 0.25) is 11.9 Å². The molecule has 3 aromatic rings. The number of amides is 1. The zero-order chi connectivity index (χ0) is 21.0. The van der Waals surface area contributed by atoms with E-state index >= 15 is 0 Å². The van der Waals surface area contributed by atoms with Crippen molar-refractivity contribution in [1.29, 1.82) is 0 Å². The van der Waals surface area contributed by atoms with Gasteiger partial charge in [-0.3, -0.25) is 14.9 Å². The van der Waals surface area contributed by atoms with Gasteiger partial charge in [-0.25, -0.2) is 4.39 Å². The molecular weight excluding hydrogens is 375 g/mol. The Morgan fingerprint density at radius 3 is 2.48 bits per heavy atom. The summed E-state index contributed by atoms with van der Waals surface area (Å²) in [6.07, 6.45) is -1.21. The second-order valence-corrected chi connectivity index (χ2v) is 6.59. The monoisotopic (exact) mass is 394 g/mol. The van der Waals surface area contributed by atoms with Crippen molar-refractivity contribution in [2.45, 2.75) is 20.0 Å². The van der Waals surface area contributed by atoms with Gasteiger partial charge in [-0.15, -0.1) is 0 Å². The number of ether oxygens (including phenoxy) is 1. The third-order valence-corrected chi connectivity index (χ3v) is 4.35. The lowest BCUT2D eigenvalue weighted by Crippen LogP contribution is -2.26. The van der Waals surface area contributed by atoms with Gasteiger partial charge < -0.3 is 10.1 Å². The van der Waals surface area contributed by atoms with Crippen LogP contribution in [0, 0.1) is 29.8 Å². The summed E-state index contributed by atoms with van der Waals surface area (Å²) >= 11 is 0. The lowest BCUT2D eigenvalue weighted by molar-refractivity contribution is -0.386. The van der Waals surface area contributed by atoms with E-state index in [4.69, 9.17) is 4.74 Å². The number of anilines is 1. The van der Waals surface area contributed by atoms with Crippen LogP contribution >= 0.6 is 0 Å². The first-order chi connectivity index (χ1) is 13.8. The van der Waals surface area contributed by atoms with E-state index in [1.54, 1.807) is 30.3 Å². The van der Waals surface area contributed by atoms with E-state index in [9.17, 15) is 19.3 Å². The molecule has 7 heteroatoms. The number of nitrogens with zero attached hydrogens (tertiary/aromatic N) is 1. The molecule has 0 radical (unpaired) electrons. The molecule has 0 fully saturated rings. The molecule has 6 nitrogen and oxygen atoms in total. The van der Waals surface area contributed by atoms with E-state index in [0.29, 0.717) is 11.3 Å². The van der Waals surface area contributed by atoms with Crippen LogP contribution in [0.3, 0.4) is 0 Å². The van der Waals surface area contributed by atoms with Gasteiger partial charge in [0.25, 0.3) is 5.91 Å². The van der Waals surface area contributed by atoms with Crippen molar-refractivity contribution in [2.24, 2.45) is 0 Å². The standard InChI is InChI=1S/C22H19FN2O4/c1-14-8-9-15(2)18(12-14)24-22(26)21(16-6-4-3-5-7-16)29-20-13-17(23)10-11-19(20)25(27)28/h3-13,21H,1-2H3,(H,24,26)/t21-/m0/s1. The number of nitro groups is 1. The summed E-state index contributed by atoms with van der Waals surface area (Å²) in [5.41, 5.74) is 2.48. The van der Waals surface area contributed by atoms with Gasteiger partial charge in [0.15, 0.2) is 0 Å². The number of nitrogens with one attached hydrogen (secondary N) is 1. The molecule has 0 saturated carbocycles. The van der Waals surface area contributed by atoms with Crippen LogP contribution in [0.4, 0.5) is 15.8 Å². The van der Waals surface area contributed by atoms with E-state index < -0.39 is 28.4 Å². The van der Waals surface area contributed by atoms with Gasteiger partial charge in [-0.2, -0.15) is 0 Å². The minimum absolute atomic E-state index is 0.319. The van der Waals surface area contributed by atoms with Crippen molar-refractivity contribution in [2.75, 3.05) is 5.32 Å². The van der Waals surface area contributed by atoms with Crippen LogP contribution < -0.4 is 10.1 Å². The molecule has 0 bridgehead atoms. The number of nitro benzene ring substituents is 1. The summed E-state index contributed by atoms with van der Waals surface area (Å²) in [5.74, 6) is -1.55. The Hall–Kier alpha value is -3.74. The number of carbonyl (C=O) groups is 1. The Morgan fingerprint density at radius 1 is 1.07 bits per heavy atom. The summed E-state index contributed by atoms with van der Waals surface area (Å²) in [4.78, 5) is 23.7. The second kappa shape index (κ2) is 8.52. The zero-order valence-electron chi connectivity index (χ0n) is 15.9. The van der Waals surface area contributed by atoms with Crippen LogP contribution in [-0.2, 0) is 4.79 Å². The van der Waals surface area contributed by atoms with Crippen molar-refractivity contribution < 1.29 is 18.8 Å². The van der Waals surface area contributed by atoms with E-state index in [2.05, 4.69) is 5.32 Å². The lowest BCUT2D eigenvalue weighted by atomic mass is 10.1. The third-order valence-electron chi connectivity index (χ3n) is 4.35. The largest absolute Gasteiger partial charge is 0.468 e. The highest BCUT2D eigenvalue weighted by Gasteiger charge is 2.27. The van der Waals surface area contributed by atoms with E-state index in [0.717, 1.165) is 29.3 Å². The first-order valence-electron chi connectivity index (χ1n) is 8.89. The van der Waals surface area contributed by atoms with Crippen LogP contribution in [0.2, 0.25) is 0 Å². The number of hydrogen-bond donors (Lipinski definition) is 1. The Labute approximate surface area is 167 Å². The van der Waals surface area contributed by atoms with Crippen LogP contribution in [0.1, 0.15) is 22.8 Å². The Morgan fingerprint density at radius 2 is 1.79 bits per heavy atom. The summed E-state index contributed by atoms with van der Waals surface area (Å²) < 4.78 is 19.4. The number of carbonyl (C=O) groups excluding carboxylic acids is 1. The maximum atomic E-state index is 13.7. The maximum absolute atomic E-state index is 13.7. The minimum atomic E-state index is -1.21. The molecule has 0 unspecified atom stereocenters. The Balaban J connectivity index is 1.98. The summed E-state index contributed by atoms with van der Waals surface area (Å²) in [6, 6.07) is 17.0. The molecule has 0 aromatic heterocycles. The number of halogens is 1. The first kappa shape index (κ1) is 20.0. The quantitative estimate of drug-likeness (QED) is 0.465. The molecule has 0 aliphatic carbocycles. The van der Waals surface area contributed by atoms with Crippen molar-refractivity contribution in [3.63, 3.8) is 0 Å². The fourth-order valence-electron chi connectivity index (χ4n) is 2.83. The fraction of sp³-hybridized carbons (Fsp3) is 0.136. The normalized spacial score (nSPS) is 11.6. The average molecular weight is 394 g/mol. The summed E-state index contributed by atoms with van der Waals surface area (Å²) in [6.45, 7) is 3.75. The van der Waals surface area contributed by atoms with E-state index in [-0.39, 0.29) is 5.75 Å². The van der Waals surface area contributed by atoms with Gasteiger partial charge >= 0.3 is 5.69 Å². The van der Waals surface area contributed by atoms with Gasteiger partial charge in [-0.05, 0) is 37.1 Å². The molecule has 3 rings (SSSR count). The Kier molecular flexibility index (Phi) is 5.87. The third kappa shape index (κ3) is 4.76. The smallest absolute Gasteiger partial charge is 0.311 e. The Bertz CT molecular complexity index is 1050. The molecule has 29 heavy (non-hydrogen) atoms. The number of hydrogen-bond acceptors (Lipinski definition) is 4. The number of aryl methyl sites for hydroxylation is 2. The first-order valence-corrected chi connectivity index (χ1v) is 8.89. The molecule has 0 aliphatic heterocycles. The molecule has 1 atom stereocenters. The SMILES string of the molecule is Cc1ccc(C)c(NC(=O)[C@@H](Oc2cc(F)ccc2[N+](=O)[O-])c2ccccc2)c1. The summed E-state index contributed by atoms with van der Waals surface area (Å²) in [7, 11) is 0. The van der Waals surface area contributed by atoms with Crippen molar-refractivity contribution in [3.05, 3.63) is 99.4 Å². The predicted octanol–water partition coefficient (Wildman–Crippen LogP) is 5.11. The molecule has 0 aliphatic rings. The van der Waals surface area contributed by atoms with Crippen LogP contribution in [0.5, 0.6) is 5.75 Å². The molecule has 1 N–H and O–H groups in total. The lowest BCUT2D eigenvalue weighted by Gasteiger charge is -2.20. The highest BCUT2D eigenvalue weighted by molar-refractivity contribution is 5.95. The molecule has 148 valence electrons. The molecule has 3 aromatic carbocycles. The molecular formula is C22H19FN2O4. The van der Waals surface area contributed by atoms with Crippen LogP contribution in [0.15, 0.2) is 66.7 Å². The fourth-order valence-corrected chi connectivity index (χ4v) is 2.83. The molecule has 0 spiro atoms. The van der Waals surface area contributed by atoms with E-state index in [1.165, 1.54) is 0 Å². The van der Waals surface area contributed by atoms with Crippen molar-refractivity contribution in [3.8, 4) is 5.75 Å². The predicted molar refractivity (Wildman–Crippen MR) is 107 cm³/mol. The van der Waals surface area contributed by atoms with Gasteiger partial charge in [-0.1, -0.05) is 42.5 Å². The second-order valence-electron chi connectivity index (χ2n) is 6.59. The van der Waals surface area contributed by atoms with Crippen LogP contribution in [-0.4, -0.2) is 10.8 Å². The number of benzene rings is 3.